The molecule has 142 valence electrons. The van der Waals surface area contributed by atoms with E-state index in [9.17, 15) is 0 Å². The summed E-state index contributed by atoms with van der Waals surface area (Å²) in [7, 11) is -3.81. The van der Waals surface area contributed by atoms with Crippen LogP contribution in [0.15, 0.2) is 30.9 Å². The quantitative estimate of drug-likeness (QED) is 0.385. The van der Waals surface area contributed by atoms with E-state index in [0.29, 0.717) is 0 Å². The summed E-state index contributed by atoms with van der Waals surface area (Å²) in [6.45, 7) is 26.7. The molecule has 0 atom stereocenters. The van der Waals surface area contributed by atoms with E-state index in [-0.39, 0.29) is 10.1 Å². The smallest absolute Gasteiger partial charge is 0.250 e. The van der Waals surface area contributed by atoms with Crippen molar-refractivity contribution in [1.29, 1.82) is 0 Å². The van der Waals surface area contributed by atoms with Gasteiger partial charge in [-0.3, -0.25) is 0 Å². The minimum atomic E-state index is -1.90. The van der Waals surface area contributed by atoms with E-state index in [1.807, 2.05) is 6.08 Å². The molecule has 0 aliphatic carbocycles. The molecule has 2 nitrogen and oxygen atoms in total. The first-order valence-corrected chi connectivity index (χ1v) is 15.0. The number of allylic oxidation sites excluding steroid dienone is 1. The van der Waals surface area contributed by atoms with Crippen molar-refractivity contribution in [2.45, 2.75) is 84.2 Å². The van der Waals surface area contributed by atoms with Crippen LogP contribution in [-0.4, -0.2) is 16.6 Å². The molecule has 0 radical (unpaired) electrons. The lowest BCUT2D eigenvalue weighted by molar-refractivity contribution is 0.467. The Kier molecular flexibility index (Phi) is 6.45. The van der Waals surface area contributed by atoms with E-state index in [1.54, 1.807) is 0 Å². The van der Waals surface area contributed by atoms with E-state index in [4.69, 9.17) is 8.85 Å². The Hall–Kier alpha value is -1.01. The van der Waals surface area contributed by atoms with Crippen LogP contribution in [0.5, 0.6) is 11.5 Å². The van der Waals surface area contributed by atoms with Crippen LogP contribution < -0.4 is 8.85 Å². The highest BCUT2D eigenvalue weighted by Crippen LogP contribution is 2.42. The molecule has 0 heterocycles. The number of benzene rings is 1. The zero-order valence-corrected chi connectivity index (χ0v) is 20.0. The van der Waals surface area contributed by atoms with Crippen LogP contribution in [0, 0.1) is 0 Å². The van der Waals surface area contributed by atoms with Crippen LogP contribution in [0.2, 0.25) is 36.3 Å². The number of hydrogen-bond acceptors (Lipinski definition) is 2. The molecule has 0 spiro atoms. The minimum Gasteiger partial charge on any atom is -0.543 e. The molecule has 0 saturated carbocycles. The van der Waals surface area contributed by atoms with Crippen LogP contribution in [0.4, 0.5) is 0 Å². The Balaban J connectivity index is 3.33. The van der Waals surface area contributed by atoms with Gasteiger partial charge in [0.25, 0.3) is 0 Å². The van der Waals surface area contributed by atoms with Crippen LogP contribution in [0.1, 0.15) is 47.1 Å². The molecule has 0 N–H and O–H groups in total. The highest BCUT2D eigenvalue weighted by Gasteiger charge is 2.41. The maximum atomic E-state index is 6.62. The first-order valence-electron chi connectivity index (χ1n) is 9.23. The zero-order valence-electron chi connectivity index (χ0n) is 18.0. The van der Waals surface area contributed by atoms with Crippen molar-refractivity contribution in [3.63, 3.8) is 0 Å². The summed E-state index contributed by atoms with van der Waals surface area (Å²) in [6, 6.07) is 6.22. The van der Waals surface area contributed by atoms with E-state index < -0.39 is 16.6 Å². The molecule has 0 aromatic heterocycles. The van der Waals surface area contributed by atoms with Gasteiger partial charge >= 0.3 is 0 Å². The fraction of sp³-hybridized carbons (Fsp3) is 0.619. The molecule has 1 aromatic rings. The average Bonchev–Trinajstić information content (AvgIpc) is 2.39. The molecule has 0 aliphatic rings. The first-order chi connectivity index (χ1) is 11.1. The lowest BCUT2D eigenvalue weighted by atomic mass is 10.1. The van der Waals surface area contributed by atoms with Crippen molar-refractivity contribution < 1.29 is 8.85 Å². The molecule has 0 bridgehead atoms. The second-order valence-corrected chi connectivity index (χ2v) is 19.4. The Morgan fingerprint density at radius 3 is 1.48 bits per heavy atom. The summed E-state index contributed by atoms with van der Waals surface area (Å²) >= 11 is 0. The monoisotopic (exact) mass is 378 g/mol. The van der Waals surface area contributed by atoms with E-state index in [2.05, 4.69) is 92.5 Å². The van der Waals surface area contributed by atoms with Crippen molar-refractivity contribution in [1.82, 2.24) is 0 Å². The highest BCUT2D eigenvalue weighted by molar-refractivity contribution is 6.75. The summed E-state index contributed by atoms with van der Waals surface area (Å²) in [5.41, 5.74) is 1.13. The van der Waals surface area contributed by atoms with E-state index in [1.165, 1.54) is 0 Å². The predicted octanol–water partition coefficient (Wildman–Crippen LogP) is 7.18. The lowest BCUT2D eigenvalue weighted by Gasteiger charge is -2.39. The maximum Gasteiger partial charge on any atom is 0.250 e. The Morgan fingerprint density at radius 1 is 0.840 bits per heavy atom. The molecule has 0 amide bonds. The van der Waals surface area contributed by atoms with Gasteiger partial charge in [-0.25, -0.2) is 0 Å². The van der Waals surface area contributed by atoms with Gasteiger partial charge in [-0.1, -0.05) is 53.7 Å². The summed E-state index contributed by atoms with van der Waals surface area (Å²) in [5, 5.41) is 0.323. The summed E-state index contributed by atoms with van der Waals surface area (Å²) in [6.07, 6.45) is 2.70. The normalized spacial score (nSPS) is 13.5. The molecule has 0 unspecified atom stereocenters. The zero-order chi connectivity index (χ0) is 19.7. The van der Waals surface area contributed by atoms with Gasteiger partial charge in [0, 0.05) is 5.56 Å². The van der Waals surface area contributed by atoms with Gasteiger partial charge < -0.3 is 8.85 Å². The standard InChI is InChI=1S/C21H38O2Si2/c1-12-14-17-18(22-24(8,9)20(2,3)4)15-13-16-19(17)23-25(10,11)21(5,6)7/h12-13,15-16H,1,14H2,2-11H3. The Morgan fingerprint density at radius 2 is 1.20 bits per heavy atom. The summed E-state index contributed by atoms with van der Waals surface area (Å²) < 4.78 is 13.2. The molecule has 25 heavy (non-hydrogen) atoms. The number of rotatable bonds is 6. The van der Waals surface area contributed by atoms with Crippen molar-refractivity contribution in [3.05, 3.63) is 36.4 Å². The Labute approximate surface area is 157 Å². The molecule has 1 rings (SSSR count). The number of hydrogen-bond donors (Lipinski definition) is 0. The predicted molar refractivity (Wildman–Crippen MR) is 116 cm³/mol. The topological polar surface area (TPSA) is 18.5 Å². The van der Waals surface area contributed by atoms with Crippen LogP contribution in [0.25, 0.3) is 0 Å². The second-order valence-electron chi connectivity index (χ2n) is 9.95. The first kappa shape index (κ1) is 22.0. The molecule has 0 fully saturated rings. The van der Waals surface area contributed by atoms with Gasteiger partial charge in [0.2, 0.25) is 16.6 Å². The molecular weight excluding hydrogens is 340 g/mol. The fourth-order valence-corrected chi connectivity index (χ4v) is 4.03. The van der Waals surface area contributed by atoms with Crippen LogP contribution in [0.3, 0.4) is 0 Å². The minimum absolute atomic E-state index is 0.161. The van der Waals surface area contributed by atoms with Crippen molar-refractivity contribution in [2.75, 3.05) is 0 Å². The van der Waals surface area contributed by atoms with Gasteiger partial charge in [0.15, 0.2) is 0 Å². The van der Waals surface area contributed by atoms with Crippen molar-refractivity contribution in [2.24, 2.45) is 0 Å². The van der Waals surface area contributed by atoms with Crippen LogP contribution >= 0.6 is 0 Å². The third-order valence-electron chi connectivity index (χ3n) is 5.78. The molecule has 0 aliphatic heterocycles. The lowest BCUT2D eigenvalue weighted by Crippen LogP contribution is -2.45. The fourth-order valence-electron chi connectivity index (χ4n) is 1.94. The molecule has 4 heteroatoms. The third-order valence-corrected chi connectivity index (χ3v) is 14.5. The highest BCUT2D eigenvalue weighted by atomic mass is 28.4. The van der Waals surface area contributed by atoms with Crippen LogP contribution in [-0.2, 0) is 6.42 Å². The van der Waals surface area contributed by atoms with Crippen molar-refractivity contribution in [3.8, 4) is 11.5 Å². The van der Waals surface area contributed by atoms with Gasteiger partial charge in [-0.2, -0.15) is 0 Å². The van der Waals surface area contributed by atoms with Crippen molar-refractivity contribution >= 4 is 16.6 Å². The summed E-state index contributed by atoms with van der Waals surface area (Å²) in [5.74, 6) is 1.92. The Bertz CT molecular complexity index is 559. The van der Waals surface area contributed by atoms with Gasteiger partial charge in [-0.05, 0) is 54.8 Å². The van der Waals surface area contributed by atoms with E-state index in [0.717, 1.165) is 23.5 Å². The molecule has 1 aromatic carbocycles. The average molecular weight is 379 g/mol. The molecule has 0 saturated heterocycles. The SMILES string of the molecule is C=CCc1c(O[Si](C)(C)C(C)(C)C)cccc1O[Si](C)(C)C(C)(C)C. The van der Waals surface area contributed by atoms with E-state index >= 15 is 0 Å². The van der Waals surface area contributed by atoms with Gasteiger partial charge in [0.1, 0.15) is 11.5 Å². The third kappa shape index (κ3) is 5.24. The summed E-state index contributed by atoms with van der Waals surface area (Å²) in [4.78, 5) is 0. The second kappa shape index (κ2) is 7.32. The maximum absolute atomic E-state index is 6.62. The van der Waals surface area contributed by atoms with Gasteiger partial charge in [0.05, 0.1) is 0 Å². The van der Waals surface area contributed by atoms with Gasteiger partial charge in [-0.15, -0.1) is 6.58 Å². The molecular formula is C21H38O2Si2. The largest absolute Gasteiger partial charge is 0.543 e.